The molecule has 0 aliphatic rings. The van der Waals surface area contributed by atoms with E-state index in [2.05, 4.69) is 24.6 Å². The summed E-state index contributed by atoms with van der Waals surface area (Å²) < 4.78 is 0. The van der Waals surface area contributed by atoms with Crippen LogP contribution in [-0.4, -0.2) is 4.98 Å². The fourth-order valence-electron chi connectivity index (χ4n) is 1.32. The highest BCUT2D eigenvalue weighted by Crippen LogP contribution is 2.24. The SMILES string of the molecule is C=C/C=C(\C=C/C)c1nc(C)sc1C. The number of hydrogen-bond acceptors (Lipinski definition) is 2. The maximum atomic E-state index is 4.50. The summed E-state index contributed by atoms with van der Waals surface area (Å²) in [6, 6.07) is 0. The Hall–Kier alpha value is -1.15. The van der Waals surface area contributed by atoms with Crippen molar-refractivity contribution >= 4 is 16.9 Å². The molecular weight excluding hydrogens is 190 g/mol. The molecule has 2 heteroatoms. The number of nitrogens with zero attached hydrogens (tertiary/aromatic N) is 1. The summed E-state index contributed by atoms with van der Waals surface area (Å²) in [4.78, 5) is 5.76. The Labute approximate surface area is 89.5 Å². The van der Waals surface area contributed by atoms with E-state index in [0.717, 1.165) is 16.3 Å². The lowest BCUT2D eigenvalue weighted by atomic mass is 10.1. The zero-order chi connectivity index (χ0) is 10.6. The van der Waals surface area contributed by atoms with Crippen LogP contribution in [0.5, 0.6) is 0 Å². The first-order valence-corrected chi connectivity index (χ1v) is 5.40. The second-order valence-corrected chi connectivity index (χ2v) is 4.40. The highest BCUT2D eigenvalue weighted by molar-refractivity contribution is 7.11. The molecule has 0 saturated heterocycles. The smallest absolute Gasteiger partial charge is 0.0904 e. The molecule has 0 radical (unpaired) electrons. The van der Waals surface area contributed by atoms with Gasteiger partial charge in [-0.1, -0.05) is 30.9 Å². The molecule has 0 bridgehead atoms. The minimum absolute atomic E-state index is 1.07. The molecule has 74 valence electrons. The molecule has 1 aromatic rings. The lowest BCUT2D eigenvalue weighted by Crippen LogP contribution is -1.84. The third-order valence-electron chi connectivity index (χ3n) is 1.82. The van der Waals surface area contributed by atoms with Gasteiger partial charge in [-0.25, -0.2) is 4.98 Å². The van der Waals surface area contributed by atoms with Crippen molar-refractivity contribution in [2.75, 3.05) is 0 Å². The first kappa shape index (κ1) is 10.9. The highest BCUT2D eigenvalue weighted by atomic mass is 32.1. The zero-order valence-electron chi connectivity index (χ0n) is 8.87. The van der Waals surface area contributed by atoms with E-state index >= 15 is 0 Å². The predicted octanol–water partition coefficient (Wildman–Crippen LogP) is 3.91. The van der Waals surface area contributed by atoms with E-state index in [-0.39, 0.29) is 0 Å². The van der Waals surface area contributed by atoms with Crippen molar-refractivity contribution in [3.8, 4) is 0 Å². The second kappa shape index (κ2) is 4.91. The van der Waals surface area contributed by atoms with Gasteiger partial charge in [-0.2, -0.15) is 0 Å². The molecule has 0 fully saturated rings. The molecular formula is C12H15NS. The molecule has 0 amide bonds. The van der Waals surface area contributed by atoms with E-state index in [1.165, 1.54) is 4.88 Å². The maximum absolute atomic E-state index is 4.50. The number of thiazole rings is 1. The van der Waals surface area contributed by atoms with Gasteiger partial charge in [0.2, 0.25) is 0 Å². The number of aromatic nitrogens is 1. The molecule has 1 aromatic heterocycles. The summed E-state index contributed by atoms with van der Waals surface area (Å²) in [6.07, 6.45) is 7.86. The van der Waals surface area contributed by atoms with Crippen LogP contribution in [0.2, 0.25) is 0 Å². The van der Waals surface area contributed by atoms with Crippen LogP contribution in [0.1, 0.15) is 22.5 Å². The van der Waals surface area contributed by atoms with Crippen molar-refractivity contribution < 1.29 is 0 Å². The van der Waals surface area contributed by atoms with Gasteiger partial charge in [0.05, 0.1) is 10.7 Å². The third-order valence-corrected chi connectivity index (χ3v) is 2.71. The van der Waals surface area contributed by atoms with Gasteiger partial charge < -0.3 is 0 Å². The van der Waals surface area contributed by atoms with Gasteiger partial charge in [0.25, 0.3) is 0 Å². The average molecular weight is 205 g/mol. The van der Waals surface area contributed by atoms with Crippen LogP contribution >= 0.6 is 11.3 Å². The van der Waals surface area contributed by atoms with Crippen molar-refractivity contribution in [3.05, 3.63) is 46.5 Å². The first-order chi connectivity index (χ1) is 6.69. The molecule has 0 aromatic carbocycles. The Bertz CT molecular complexity index is 383. The summed E-state index contributed by atoms with van der Waals surface area (Å²) in [5.74, 6) is 0. The lowest BCUT2D eigenvalue weighted by Gasteiger charge is -1.97. The topological polar surface area (TPSA) is 12.9 Å². The van der Waals surface area contributed by atoms with Gasteiger partial charge >= 0.3 is 0 Å². The minimum atomic E-state index is 1.07. The van der Waals surface area contributed by atoms with Crippen molar-refractivity contribution in [1.29, 1.82) is 0 Å². The van der Waals surface area contributed by atoms with Crippen LogP contribution in [0.25, 0.3) is 5.57 Å². The Balaban J connectivity index is 3.17. The second-order valence-electron chi connectivity index (χ2n) is 3.00. The molecule has 0 saturated carbocycles. The third kappa shape index (κ3) is 2.42. The van der Waals surface area contributed by atoms with E-state index in [9.17, 15) is 0 Å². The van der Waals surface area contributed by atoms with Gasteiger partial charge in [-0.3, -0.25) is 0 Å². The molecule has 0 atom stereocenters. The van der Waals surface area contributed by atoms with Crippen molar-refractivity contribution in [1.82, 2.24) is 4.98 Å². The van der Waals surface area contributed by atoms with E-state index < -0.39 is 0 Å². The summed E-state index contributed by atoms with van der Waals surface area (Å²) in [6.45, 7) is 9.84. The predicted molar refractivity (Wildman–Crippen MR) is 64.6 cm³/mol. The molecule has 14 heavy (non-hydrogen) atoms. The Morgan fingerprint density at radius 2 is 2.14 bits per heavy atom. The Morgan fingerprint density at radius 3 is 2.57 bits per heavy atom. The van der Waals surface area contributed by atoms with Crippen LogP contribution < -0.4 is 0 Å². The number of rotatable bonds is 3. The van der Waals surface area contributed by atoms with Crippen LogP contribution in [0.3, 0.4) is 0 Å². The summed E-state index contributed by atoms with van der Waals surface area (Å²) >= 11 is 1.73. The van der Waals surface area contributed by atoms with Crippen LogP contribution in [0, 0.1) is 13.8 Å². The van der Waals surface area contributed by atoms with Crippen LogP contribution in [0.15, 0.2) is 30.9 Å². The fraction of sp³-hybridized carbons (Fsp3) is 0.250. The largest absolute Gasteiger partial charge is 0.241 e. The van der Waals surface area contributed by atoms with Gasteiger partial charge in [-0.15, -0.1) is 11.3 Å². The minimum Gasteiger partial charge on any atom is -0.241 e. The Kier molecular flexibility index (Phi) is 3.84. The quantitative estimate of drug-likeness (QED) is 0.682. The molecule has 1 heterocycles. The fourth-order valence-corrected chi connectivity index (χ4v) is 2.16. The highest BCUT2D eigenvalue weighted by Gasteiger charge is 2.06. The van der Waals surface area contributed by atoms with E-state index in [4.69, 9.17) is 0 Å². The van der Waals surface area contributed by atoms with Crippen molar-refractivity contribution in [2.45, 2.75) is 20.8 Å². The van der Waals surface area contributed by atoms with Gasteiger partial charge in [0.1, 0.15) is 0 Å². The summed E-state index contributed by atoms with van der Waals surface area (Å²) in [5.41, 5.74) is 2.20. The molecule has 0 spiro atoms. The normalized spacial score (nSPS) is 12.4. The molecule has 0 aliphatic heterocycles. The monoisotopic (exact) mass is 205 g/mol. The number of allylic oxidation sites excluding steroid dienone is 5. The molecule has 0 N–H and O–H groups in total. The van der Waals surface area contributed by atoms with Gasteiger partial charge in [-0.05, 0) is 20.8 Å². The first-order valence-electron chi connectivity index (χ1n) is 4.59. The summed E-state index contributed by atoms with van der Waals surface area (Å²) in [7, 11) is 0. The standard InChI is InChI=1S/C12H15NS/c1-5-7-11(8-6-2)12-9(3)14-10(4)13-12/h5-8H,1H2,2-4H3/b8-6-,11-7+. The maximum Gasteiger partial charge on any atom is 0.0904 e. The molecule has 0 aliphatic carbocycles. The average Bonchev–Trinajstić information content (AvgIpc) is 2.45. The zero-order valence-corrected chi connectivity index (χ0v) is 9.69. The van der Waals surface area contributed by atoms with Gasteiger partial charge in [0, 0.05) is 10.5 Å². The van der Waals surface area contributed by atoms with Crippen LogP contribution in [-0.2, 0) is 0 Å². The van der Waals surface area contributed by atoms with Crippen LogP contribution in [0.4, 0.5) is 0 Å². The number of aryl methyl sites for hydroxylation is 2. The molecule has 1 nitrogen and oxygen atoms in total. The van der Waals surface area contributed by atoms with E-state index in [1.54, 1.807) is 17.4 Å². The van der Waals surface area contributed by atoms with Crippen molar-refractivity contribution in [2.24, 2.45) is 0 Å². The van der Waals surface area contributed by atoms with Gasteiger partial charge in [0.15, 0.2) is 0 Å². The lowest BCUT2D eigenvalue weighted by molar-refractivity contribution is 1.24. The molecule has 1 rings (SSSR count). The van der Waals surface area contributed by atoms with E-state index in [1.807, 2.05) is 26.0 Å². The van der Waals surface area contributed by atoms with Crippen molar-refractivity contribution in [3.63, 3.8) is 0 Å². The Morgan fingerprint density at radius 1 is 1.43 bits per heavy atom. The summed E-state index contributed by atoms with van der Waals surface area (Å²) in [5, 5.41) is 1.11. The molecule has 0 unspecified atom stereocenters. The number of hydrogen-bond donors (Lipinski definition) is 0. The van der Waals surface area contributed by atoms with E-state index in [0.29, 0.717) is 0 Å².